The van der Waals surface area contributed by atoms with Gasteiger partial charge in [-0.3, -0.25) is 14.4 Å². The van der Waals surface area contributed by atoms with E-state index >= 15 is 0 Å². The summed E-state index contributed by atoms with van der Waals surface area (Å²) in [4.78, 5) is 38.4. The van der Waals surface area contributed by atoms with E-state index in [9.17, 15) is 29.7 Å². The highest BCUT2D eigenvalue weighted by atomic mass is 127. The molecular formula is C17H23I2N3O8. The molecule has 11 nitrogen and oxygen atoms in total. The van der Waals surface area contributed by atoms with Crippen LogP contribution in [0.2, 0.25) is 0 Å². The van der Waals surface area contributed by atoms with Crippen molar-refractivity contribution in [2.75, 3.05) is 44.9 Å². The molecule has 0 saturated carbocycles. The summed E-state index contributed by atoms with van der Waals surface area (Å²) in [6.07, 6.45) is -2.34. The van der Waals surface area contributed by atoms with Gasteiger partial charge in [0.05, 0.1) is 49.4 Å². The molecule has 1 aromatic rings. The van der Waals surface area contributed by atoms with Crippen LogP contribution in [0, 0.1) is 7.14 Å². The van der Waals surface area contributed by atoms with Gasteiger partial charge in [-0.05, 0) is 51.2 Å². The monoisotopic (exact) mass is 651 g/mol. The van der Waals surface area contributed by atoms with Crippen LogP contribution in [0.1, 0.15) is 20.7 Å². The molecule has 0 aliphatic heterocycles. The van der Waals surface area contributed by atoms with Crippen molar-refractivity contribution >= 4 is 68.6 Å². The van der Waals surface area contributed by atoms with Crippen molar-refractivity contribution in [2.24, 2.45) is 0 Å². The maximum Gasteiger partial charge on any atom is 0.252 e. The van der Waals surface area contributed by atoms with E-state index in [1.165, 1.54) is 13.1 Å². The van der Waals surface area contributed by atoms with Gasteiger partial charge in [-0.1, -0.05) is 0 Å². The van der Waals surface area contributed by atoms with Crippen LogP contribution in [0.3, 0.4) is 0 Å². The van der Waals surface area contributed by atoms with Crippen LogP contribution in [-0.2, 0) is 4.79 Å². The minimum absolute atomic E-state index is 0.0293. The molecule has 0 spiro atoms. The molecule has 0 bridgehead atoms. The van der Waals surface area contributed by atoms with Crippen LogP contribution >= 0.6 is 45.2 Å². The Bertz CT molecular complexity index is 743. The number of rotatable bonds is 10. The molecule has 30 heavy (non-hydrogen) atoms. The van der Waals surface area contributed by atoms with Gasteiger partial charge in [0.15, 0.2) is 0 Å². The fourth-order valence-electron chi connectivity index (χ4n) is 2.22. The number of aliphatic hydroxyl groups is 5. The normalized spacial score (nSPS) is 12.8. The summed E-state index contributed by atoms with van der Waals surface area (Å²) in [6.45, 7) is -2.36. The molecule has 0 saturated heterocycles. The van der Waals surface area contributed by atoms with Crippen LogP contribution in [0.15, 0.2) is 6.07 Å². The van der Waals surface area contributed by atoms with E-state index in [0.29, 0.717) is 7.14 Å². The number of benzene rings is 1. The van der Waals surface area contributed by atoms with Gasteiger partial charge >= 0.3 is 0 Å². The van der Waals surface area contributed by atoms with Gasteiger partial charge < -0.3 is 41.1 Å². The van der Waals surface area contributed by atoms with Crippen molar-refractivity contribution in [3.8, 4) is 0 Å². The summed E-state index contributed by atoms with van der Waals surface area (Å²) in [5, 5.41) is 50.7. The molecule has 1 rings (SSSR count). The molecule has 0 fully saturated rings. The summed E-state index contributed by atoms with van der Waals surface area (Å²) in [5.41, 5.74) is 0.279. The molecule has 3 amide bonds. The zero-order chi connectivity index (χ0) is 23.0. The lowest BCUT2D eigenvalue weighted by Gasteiger charge is -2.23. The van der Waals surface area contributed by atoms with Gasteiger partial charge in [0.1, 0.15) is 6.61 Å². The lowest BCUT2D eigenvalue weighted by atomic mass is 10.1. The molecule has 0 heterocycles. The van der Waals surface area contributed by atoms with Crippen molar-refractivity contribution in [3.05, 3.63) is 24.3 Å². The minimum Gasteiger partial charge on any atom is -0.394 e. The van der Waals surface area contributed by atoms with Crippen LogP contribution in [0.4, 0.5) is 5.69 Å². The van der Waals surface area contributed by atoms with Crippen molar-refractivity contribution < 1.29 is 39.9 Å². The molecule has 7 N–H and O–H groups in total. The van der Waals surface area contributed by atoms with E-state index in [2.05, 4.69) is 10.6 Å². The number of anilines is 1. The highest BCUT2D eigenvalue weighted by molar-refractivity contribution is 14.1. The number of aliphatic hydroxyl groups excluding tert-OH is 5. The highest BCUT2D eigenvalue weighted by Crippen LogP contribution is 2.34. The maximum absolute atomic E-state index is 12.6. The van der Waals surface area contributed by atoms with Crippen LogP contribution in [0.25, 0.3) is 0 Å². The molecule has 1 aromatic carbocycles. The number of amides is 3. The maximum atomic E-state index is 12.6. The fraction of sp³-hybridized carbons (Fsp3) is 0.471. The van der Waals surface area contributed by atoms with Gasteiger partial charge in [0, 0.05) is 20.1 Å². The van der Waals surface area contributed by atoms with Crippen molar-refractivity contribution in [3.63, 3.8) is 0 Å². The second-order valence-corrected chi connectivity index (χ2v) is 8.31. The van der Waals surface area contributed by atoms with Gasteiger partial charge in [0.2, 0.25) is 0 Å². The Morgan fingerprint density at radius 2 is 1.33 bits per heavy atom. The molecule has 2 atom stereocenters. The smallest absolute Gasteiger partial charge is 0.252 e. The first-order valence-corrected chi connectivity index (χ1v) is 10.8. The Hall–Kier alpha value is -1.11. The number of likely N-dealkylation sites (N-methyl/N-ethyl adjacent to an activating group) is 1. The number of hydrogen-bond donors (Lipinski definition) is 7. The zero-order valence-corrected chi connectivity index (χ0v) is 20.2. The first kappa shape index (κ1) is 26.9. The molecule has 13 heteroatoms. The minimum atomic E-state index is -1.17. The van der Waals surface area contributed by atoms with Crippen LogP contribution in [-0.4, -0.2) is 95.4 Å². The van der Waals surface area contributed by atoms with E-state index in [1.807, 2.05) is 45.2 Å². The third-order valence-corrected chi connectivity index (χ3v) is 6.11. The van der Waals surface area contributed by atoms with Crippen molar-refractivity contribution in [1.29, 1.82) is 0 Å². The molecule has 0 radical (unpaired) electrons. The third kappa shape index (κ3) is 6.96. The average molecular weight is 651 g/mol. The molecule has 2 unspecified atom stereocenters. The van der Waals surface area contributed by atoms with Gasteiger partial charge in [-0.15, -0.1) is 0 Å². The predicted molar refractivity (Wildman–Crippen MR) is 123 cm³/mol. The number of halogens is 2. The molecule has 0 aliphatic rings. The van der Waals surface area contributed by atoms with Crippen molar-refractivity contribution in [2.45, 2.75) is 12.2 Å². The molecule has 168 valence electrons. The molecular weight excluding hydrogens is 628 g/mol. The summed E-state index contributed by atoms with van der Waals surface area (Å²) in [6, 6.07) is 1.30. The number of carbonyl (C=O) groups excluding carboxylic acids is 3. The average Bonchev–Trinajstić information content (AvgIpc) is 2.74. The molecule has 0 aliphatic carbocycles. The summed E-state index contributed by atoms with van der Waals surface area (Å²) in [7, 11) is 1.38. The quantitative estimate of drug-likeness (QED) is 0.142. The Kier molecular flexibility index (Phi) is 11.4. The van der Waals surface area contributed by atoms with E-state index in [1.54, 1.807) is 0 Å². The Balaban J connectivity index is 3.44. The van der Waals surface area contributed by atoms with E-state index in [4.69, 9.17) is 10.2 Å². The van der Waals surface area contributed by atoms with Crippen molar-refractivity contribution in [1.82, 2.24) is 10.6 Å². The summed E-state index contributed by atoms with van der Waals surface area (Å²) in [5.74, 6) is -1.97. The first-order valence-electron chi connectivity index (χ1n) is 8.62. The zero-order valence-electron chi connectivity index (χ0n) is 15.9. The molecule has 0 aromatic heterocycles. The Morgan fingerprint density at radius 3 is 1.67 bits per heavy atom. The number of nitrogens with zero attached hydrogens (tertiary/aromatic N) is 1. The SMILES string of the molecule is CN(C(=O)CO)c1c(I)c(C(=O)NCC(O)CO)cc(C(=O)NCC(O)CO)c1I. The highest BCUT2D eigenvalue weighted by Gasteiger charge is 2.27. The summed E-state index contributed by atoms with van der Waals surface area (Å²) >= 11 is 3.67. The topological polar surface area (TPSA) is 180 Å². The second kappa shape index (κ2) is 12.7. The summed E-state index contributed by atoms with van der Waals surface area (Å²) < 4.78 is 0.647. The van der Waals surface area contributed by atoms with Gasteiger partial charge in [-0.2, -0.15) is 0 Å². The number of carbonyl (C=O) groups is 3. The van der Waals surface area contributed by atoms with E-state index in [-0.39, 0.29) is 29.9 Å². The van der Waals surface area contributed by atoms with E-state index in [0.717, 1.165) is 4.90 Å². The number of hydrogen-bond acceptors (Lipinski definition) is 8. The van der Waals surface area contributed by atoms with Crippen LogP contribution in [0.5, 0.6) is 0 Å². The van der Waals surface area contributed by atoms with Gasteiger partial charge in [-0.25, -0.2) is 0 Å². The Morgan fingerprint density at radius 1 is 0.933 bits per heavy atom. The lowest BCUT2D eigenvalue weighted by Crippen LogP contribution is -2.37. The Labute approximate surface area is 199 Å². The third-order valence-electron chi connectivity index (χ3n) is 3.93. The second-order valence-electron chi connectivity index (χ2n) is 6.15. The van der Waals surface area contributed by atoms with E-state index < -0.39 is 49.8 Å². The number of nitrogens with one attached hydrogen (secondary N) is 2. The van der Waals surface area contributed by atoms with Gasteiger partial charge in [0.25, 0.3) is 17.7 Å². The van der Waals surface area contributed by atoms with Crippen LogP contribution < -0.4 is 15.5 Å². The predicted octanol–water partition coefficient (Wildman–Crippen LogP) is -1.98. The fourth-order valence-corrected chi connectivity index (χ4v) is 4.80. The lowest BCUT2D eigenvalue weighted by molar-refractivity contribution is -0.121. The first-order chi connectivity index (χ1) is 14.1. The standard InChI is InChI=1S/C17H23I2N3O8/c1-22(12(28)7-25)15-13(18)10(16(29)20-3-8(26)5-23)2-11(14(15)19)17(30)21-4-9(27)6-24/h2,8-9,23-27H,3-7H2,1H3,(H,20,29)(H,21,30). The largest absolute Gasteiger partial charge is 0.394 e.